The molecule has 1 aromatic rings. The predicted molar refractivity (Wildman–Crippen MR) is 79.9 cm³/mol. The molecule has 0 aliphatic carbocycles. The molecule has 110 valence electrons. The summed E-state index contributed by atoms with van der Waals surface area (Å²) < 4.78 is 10.5. The van der Waals surface area contributed by atoms with Crippen molar-refractivity contribution < 1.29 is 14.3 Å². The second-order valence-electron chi connectivity index (χ2n) is 5.50. The SMILES string of the molecule is C=CC[C@@H](NC(=O)OC(C)(C)C)c1cccc(OC)c1. The molecule has 0 spiro atoms. The van der Waals surface area contributed by atoms with Crippen LogP contribution in [0.4, 0.5) is 4.79 Å². The van der Waals surface area contributed by atoms with E-state index < -0.39 is 11.7 Å². The van der Waals surface area contributed by atoms with Crippen molar-refractivity contribution in [3.8, 4) is 5.75 Å². The number of alkyl carbamates (subject to hydrolysis) is 1. The Bertz CT molecular complexity index is 463. The molecule has 1 rings (SSSR count). The summed E-state index contributed by atoms with van der Waals surface area (Å²) in [6.07, 6.45) is 1.95. The maximum Gasteiger partial charge on any atom is 0.408 e. The smallest absolute Gasteiger partial charge is 0.408 e. The molecule has 0 saturated heterocycles. The van der Waals surface area contributed by atoms with Gasteiger partial charge in [-0.25, -0.2) is 4.79 Å². The third-order valence-corrected chi connectivity index (χ3v) is 2.59. The Morgan fingerprint density at radius 1 is 1.45 bits per heavy atom. The summed E-state index contributed by atoms with van der Waals surface area (Å²) in [6.45, 7) is 9.23. The second kappa shape index (κ2) is 6.98. The second-order valence-corrected chi connectivity index (χ2v) is 5.50. The molecule has 0 unspecified atom stereocenters. The number of hydrogen-bond acceptors (Lipinski definition) is 3. The molecule has 4 heteroatoms. The summed E-state index contributed by atoms with van der Waals surface area (Å²) in [7, 11) is 1.61. The van der Waals surface area contributed by atoms with Gasteiger partial charge in [0, 0.05) is 0 Å². The normalized spacial score (nSPS) is 12.4. The molecule has 1 amide bonds. The molecule has 4 nitrogen and oxygen atoms in total. The fourth-order valence-corrected chi connectivity index (χ4v) is 1.75. The van der Waals surface area contributed by atoms with Gasteiger partial charge in [-0.1, -0.05) is 18.2 Å². The number of ether oxygens (including phenoxy) is 2. The lowest BCUT2D eigenvalue weighted by Crippen LogP contribution is -2.34. The fourth-order valence-electron chi connectivity index (χ4n) is 1.75. The first-order valence-electron chi connectivity index (χ1n) is 6.60. The van der Waals surface area contributed by atoms with Crippen LogP contribution >= 0.6 is 0 Å². The van der Waals surface area contributed by atoms with Gasteiger partial charge in [-0.3, -0.25) is 0 Å². The van der Waals surface area contributed by atoms with Crippen molar-refractivity contribution in [2.45, 2.75) is 38.8 Å². The fraction of sp³-hybridized carbons (Fsp3) is 0.438. The molecule has 0 aromatic heterocycles. The van der Waals surface area contributed by atoms with Crippen LogP contribution in [-0.2, 0) is 4.74 Å². The quantitative estimate of drug-likeness (QED) is 0.832. The summed E-state index contributed by atoms with van der Waals surface area (Å²) in [4.78, 5) is 11.9. The Morgan fingerprint density at radius 2 is 2.15 bits per heavy atom. The first-order valence-corrected chi connectivity index (χ1v) is 6.60. The number of nitrogens with one attached hydrogen (secondary N) is 1. The largest absolute Gasteiger partial charge is 0.497 e. The molecule has 0 fully saturated rings. The minimum absolute atomic E-state index is 0.183. The van der Waals surface area contributed by atoms with Crippen LogP contribution in [0.3, 0.4) is 0 Å². The molecule has 20 heavy (non-hydrogen) atoms. The minimum Gasteiger partial charge on any atom is -0.497 e. The lowest BCUT2D eigenvalue weighted by Gasteiger charge is -2.23. The average Bonchev–Trinajstić information content (AvgIpc) is 2.36. The summed E-state index contributed by atoms with van der Waals surface area (Å²) in [5.41, 5.74) is 0.437. The van der Waals surface area contributed by atoms with Crippen molar-refractivity contribution in [3.05, 3.63) is 42.5 Å². The Morgan fingerprint density at radius 3 is 2.70 bits per heavy atom. The lowest BCUT2D eigenvalue weighted by atomic mass is 10.0. The number of methoxy groups -OCH3 is 1. The molecule has 0 bridgehead atoms. The van der Waals surface area contributed by atoms with E-state index in [1.165, 1.54) is 0 Å². The first kappa shape index (κ1) is 16.1. The lowest BCUT2D eigenvalue weighted by molar-refractivity contribution is 0.0504. The molecular formula is C16H23NO3. The Hall–Kier alpha value is -1.97. The molecule has 0 aliphatic heterocycles. The maximum absolute atomic E-state index is 11.9. The van der Waals surface area contributed by atoms with Gasteiger partial charge >= 0.3 is 6.09 Å². The average molecular weight is 277 g/mol. The van der Waals surface area contributed by atoms with Crippen molar-refractivity contribution in [3.63, 3.8) is 0 Å². The summed E-state index contributed by atoms with van der Waals surface area (Å²) in [6, 6.07) is 7.40. The van der Waals surface area contributed by atoms with E-state index in [0.29, 0.717) is 6.42 Å². The number of rotatable bonds is 5. The van der Waals surface area contributed by atoms with E-state index in [9.17, 15) is 4.79 Å². The predicted octanol–water partition coefficient (Wildman–Crippen LogP) is 3.84. The van der Waals surface area contributed by atoms with Gasteiger partial charge in [0.1, 0.15) is 11.4 Å². The van der Waals surface area contributed by atoms with E-state index in [-0.39, 0.29) is 6.04 Å². The number of carbonyl (C=O) groups is 1. The third-order valence-electron chi connectivity index (χ3n) is 2.59. The van der Waals surface area contributed by atoms with E-state index in [1.807, 2.05) is 45.0 Å². The van der Waals surface area contributed by atoms with Gasteiger partial charge in [0.25, 0.3) is 0 Å². The molecule has 0 radical (unpaired) electrons. The van der Waals surface area contributed by atoms with Gasteiger partial charge in [-0.2, -0.15) is 0 Å². The van der Waals surface area contributed by atoms with Crippen LogP contribution in [0.5, 0.6) is 5.75 Å². The van der Waals surface area contributed by atoms with Crippen molar-refractivity contribution in [2.24, 2.45) is 0 Å². The monoisotopic (exact) mass is 277 g/mol. The van der Waals surface area contributed by atoms with E-state index in [4.69, 9.17) is 9.47 Å². The van der Waals surface area contributed by atoms with Crippen molar-refractivity contribution in [1.82, 2.24) is 5.32 Å². The summed E-state index contributed by atoms with van der Waals surface area (Å²) >= 11 is 0. The number of carbonyl (C=O) groups excluding carboxylic acids is 1. The van der Waals surface area contributed by atoms with E-state index in [0.717, 1.165) is 11.3 Å². The Kier molecular flexibility index (Phi) is 5.62. The van der Waals surface area contributed by atoms with Crippen molar-refractivity contribution in [2.75, 3.05) is 7.11 Å². The van der Waals surface area contributed by atoms with Crippen molar-refractivity contribution >= 4 is 6.09 Å². The summed E-state index contributed by atoms with van der Waals surface area (Å²) in [5.74, 6) is 0.752. The van der Waals surface area contributed by atoms with Crippen LogP contribution < -0.4 is 10.1 Å². The molecule has 0 heterocycles. The maximum atomic E-state index is 11.9. The molecule has 0 aliphatic rings. The van der Waals surface area contributed by atoms with Crippen LogP contribution in [0.1, 0.15) is 38.8 Å². The van der Waals surface area contributed by atoms with E-state index in [2.05, 4.69) is 11.9 Å². The van der Waals surface area contributed by atoms with Gasteiger partial charge in [-0.15, -0.1) is 6.58 Å². The van der Waals surface area contributed by atoms with Gasteiger partial charge in [0.15, 0.2) is 0 Å². The van der Waals surface area contributed by atoms with Crippen LogP contribution in [0.15, 0.2) is 36.9 Å². The molecular weight excluding hydrogens is 254 g/mol. The van der Waals surface area contributed by atoms with Crippen LogP contribution in [0.25, 0.3) is 0 Å². The number of benzene rings is 1. The van der Waals surface area contributed by atoms with Crippen LogP contribution in [0.2, 0.25) is 0 Å². The highest BCUT2D eigenvalue weighted by atomic mass is 16.6. The van der Waals surface area contributed by atoms with E-state index >= 15 is 0 Å². The Balaban J connectivity index is 2.82. The van der Waals surface area contributed by atoms with Crippen LogP contribution in [-0.4, -0.2) is 18.8 Å². The zero-order valence-corrected chi connectivity index (χ0v) is 12.6. The molecule has 1 aromatic carbocycles. The Labute approximate surface area is 120 Å². The first-order chi connectivity index (χ1) is 9.35. The number of amides is 1. The highest BCUT2D eigenvalue weighted by Gasteiger charge is 2.20. The third kappa shape index (κ3) is 5.34. The van der Waals surface area contributed by atoms with Crippen molar-refractivity contribution in [1.29, 1.82) is 0 Å². The summed E-state index contributed by atoms with van der Waals surface area (Å²) in [5, 5.41) is 2.85. The topological polar surface area (TPSA) is 47.6 Å². The standard InChI is InChI=1S/C16H23NO3/c1-6-8-14(17-15(18)20-16(2,3)4)12-9-7-10-13(11-12)19-5/h6-7,9-11,14H,1,8H2,2-5H3,(H,17,18)/t14-/m1/s1. The van der Waals surface area contributed by atoms with Gasteiger partial charge in [-0.05, 0) is 44.9 Å². The van der Waals surface area contributed by atoms with E-state index in [1.54, 1.807) is 13.2 Å². The zero-order valence-electron chi connectivity index (χ0n) is 12.6. The molecule has 0 saturated carbocycles. The van der Waals surface area contributed by atoms with Crippen LogP contribution in [0, 0.1) is 0 Å². The number of hydrogen-bond donors (Lipinski definition) is 1. The minimum atomic E-state index is -0.517. The van der Waals surface area contributed by atoms with Gasteiger partial charge < -0.3 is 14.8 Å². The zero-order chi connectivity index (χ0) is 15.2. The molecule has 1 N–H and O–H groups in total. The highest BCUT2D eigenvalue weighted by Crippen LogP contribution is 2.22. The molecule has 1 atom stereocenters. The van der Waals surface area contributed by atoms with Gasteiger partial charge in [0.2, 0.25) is 0 Å². The highest BCUT2D eigenvalue weighted by molar-refractivity contribution is 5.68. The van der Waals surface area contributed by atoms with Gasteiger partial charge in [0.05, 0.1) is 13.2 Å².